The Morgan fingerprint density at radius 1 is 1.31 bits per heavy atom. The lowest BCUT2D eigenvalue weighted by Gasteiger charge is -2.36. The highest BCUT2D eigenvalue weighted by Gasteiger charge is 2.32. The summed E-state index contributed by atoms with van der Waals surface area (Å²) in [6.07, 6.45) is 1.23. The van der Waals surface area contributed by atoms with Gasteiger partial charge >= 0.3 is 0 Å². The minimum atomic E-state index is -0.0902. The maximum atomic E-state index is 11.7. The minimum Gasteiger partial charge on any atom is -0.304 e. The predicted molar refractivity (Wildman–Crippen MR) is 68.3 cm³/mol. The van der Waals surface area contributed by atoms with Gasteiger partial charge in [-0.25, -0.2) is 0 Å². The van der Waals surface area contributed by atoms with E-state index < -0.39 is 0 Å². The van der Waals surface area contributed by atoms with Crippen LogP contribution in [0.3, 0.4) is 0 Å². The van der Waals surface area contributed by atoms with E-state index in [0.717, 1.165) is 4.47 Å². The van der Waals surface area contributed by atoms with Gasteiger partial charge in [-0.05, 0) is 31.5 Å². The van der Waals surface area contributed by atoms with E-state index in [4.69, 9.17) is 0 Å². The number of benzene rings is 1. The van der Waals surface area contributed by atoms with Crippen molar-refractivity contribution in [3.63, 3.8) is 0 Å². The second-order valence-electron chi connectivity index (χ2n) is 5.05. The van der Waals surface area contributed by atoms with Crippen molar-refractivity contribution < 1.29 is 4.79 Å². The lowest BCUT2D eigenvalue weighted by Crippen LogP contribution is -2.48. The molecule has 1 aliphatic rings. The average Bonchev–Trinajstić information content (AvgIpc) is 2.15. The third kappa shape index (κ3) is 2.71. The first-order chi connectivity index (χ1) is 7.46. The Morgan fingerprint density at radius 3 is 2.50 bits per heavy atom. The smallest absolute Gasteiger partial charge is 0.136 e. The van der Waals surface area contributed by atoms with Gasteiger partial charge in [0, 0.05) is 28.9 Å². The van der Waals surface area contributed by atoms with Crippen molar-refractivity contribution in [1.29, 1.82) is 0 Å². The number of hydrogen-bond acceptors (Lipinski definition) is 2. The van der Waals surface area contributed by atoms with Gasteiger partial charge in [0.15, 0.2) is 0 Å². The summed E-state index contributed by atoms with van der Waals surface area (Å²) in [5, 5.41) is 3.52. The van der Waals surface area contributed by atoms with Gasteiger partial charge in [-0.1, -0.05) is 28.1 Å². The number of hydrogen-bond donors (Lipinski definition) is 1. The lowest BCUT2D eigenvalue weighted by atomic mass is 9.86. The van der Waals surface area contributed by atoms with Crippen LogP contribution in [-0.2, 0) is 4.79 Å². The molecule has 1 heterocycles. The standard InChI is InChI=1S/C13H16BrNO/c1-13(2)8-11(16)7-12(15-13)9-3-5-10(14)6-4-9/h3-6,12,15H,7-8H2,1-2H3/t12-/m0/s1. The van der Waals surface area contributed by atoms with Crippen LogP contribution >= 0.6 is 15.9 Å². The Hall–Kier alpha value is -0.670. The largest absolute Gasteiger partial charge is 0.304 e. The number of rotatable bonds is 1. The summed E-state index contributed by atoms with van der Waals surface area (Å²) >= 11 is 3.42. The van der Waals surface area contributed by atoms with Gasteiger partial charge in [0.05, 0.1) is 0 Å². The minimum absolute atomic E-state index is 0.0902. The molecule has 1 aliphatic heterocycles. The molecule has 1 saturated heterocycles. The Kier molecular flexibility index (Phi) is 3.17. The molecule has 0 aromatic heterocycles. The number of carbonyl (C=O) groups excluding carboxylic acids is 1. The number of ketones is 1. The van der Waals surface area contributed by atoms with Gasteiger partial charge in [-0.3, -0.25) is 4.79 Å². The van der Waals surface area contributed by atoms with Crippen LogP contribution < -0.4 is 5.32 Å². The van der Waals surface area contributed by atoms with Crippen LogP contribution in [0.1, 0.15) is 38.3 Å². The van der Waals surface area contributed by atoms with Crippen LogP contribution in [0.2, 0.25) is 0 Å². The lowest BCUT2D eigenvalue weighted by molar-refractivity contribution is -0.122. The zero-order valence-corrected chi connectivity index (χ0v) is 11.2. The van der Waals surface area contributed by atoms with Crippen molar-refractivity contribution in [2.24, 2.45) is 0 Å². The molecule has 1 fully saturated rings. The quantitative estimate of drug-likeness (QED) is 0.857. The molecule has 0 aliphatic carbocycles. The number of nitrogens with one attached hydrogen (secondary N) is 1. The molecule has 1 N–H and O–H groups in total. The van der Waals surface area contributed by atoms with Crippen molar-refractivity contribution in [1.82, 2.24) is 5.32 Å². The normalized spacial score (nSPS) is 24.4. The molecule has 2 nitrogen and oxygen atoms in total. The highest BCUT2D eigenvalue weighted by Crippen LogP contribution is 2.29. The van der Waals surface area contributed by atoms with Gasteiger partial charge in [-0.15, -0.1) is 0 Å². The fourth-order valence-corrected chi connectivity index (χ4v) is 2.53. The number of piperidine rings is 1. The van der Waals surface area contributed by atoms with Crippen molar-refractivity contribution in [3.05, 3.63) is 34.3 Å². The molecular weight excluding hydrogens is 266 g/mol. The molecule has 86 valence electrons. The molecular formula is C13H16BrNO. The third-order valence-corrected chi connectivity index (χ3v) is 3.44. The van der Waals surface area contributed by atoms with E-state index in [9.17, 15) is 4.79 Å². The van der Waals surface area contributed by atoms with E-state index in [1.807, 2.05) is 12.1 Å². The zero-order chi connectivity index (χ0) is 11.8. The van der Waals surface area contributed by atoms with Crippen LogP contribution in [0.25, 0.3) is 0 Å². The fourth-order valence-electron chi connectivity index (χ4n) is 2.26. The molecule has 3 heteroatoms. The van der Waals surface area contributed by atoms with Crippen LogP contribution in [-0.4, -0.2) is 11.3 Å². The van der Waals surface area contributed by atoms with Gasteiger partial charge in [0.2, 0.25) is 0 Å². The maximum absolute atomic E-state index is 11.7. The van der Waals surface area contributed by atoms with Crippen molar-refractivity contribution in [2.75, 3.05) is 0 Å². The van der Waals surface area contributed by atoms with Gasteiger partial charge in [-0.2, -0.15) is 0 Å². The fraction of sp³-hybridized carbons (Fsp3) is 0.462. The van der Waals surface area contributed by atoms with Gasteiger partial charge < -0.3 is 5.32 Å². The number of Topliss-reactive ketones (excluding diaryl/α,β-unsaturated/α-hetero) is 1. The molecule has 1 aromatic carbocycles. The second-order valence-corrected chi connectivity index (χ2v) is 5.97. The summed E-state index contributed by atoms with van der Waals surface area (Å²) in [6.45, 7) is 4.16. The number of carbonyl (C=O) groups is 1. The highest BCUT2D eigenvalue weighted by molar-refractivity contribution is 9.10. The first-order valence-corrected chi connectivity index (χ1v) is 6.30. The van der Waals surface area contributed by atoms with E-state index in [2.05, 4.69) is 47.2 Å². The summed E-state index contributed by atoms with van der Waals surface area (Å²) in [5.74, 6) is 0.344. The Balaban J connectivity index is 2.21. The molecule has 1 aromatic rings. The highest BCUT2D eigenvalue weighted by atomic mass is 79.9. The first-order valence-electron chi connectivity index (χ1n) is 5.51. The monoisotopic (exact) mass is 281 g/mol. The van der Waals surface area contributed by atoms with E-state index in [1.54, 1.807) is 0 Å². The SMILES string of the molecule is CC1(C)CC(=O)C[C@@H](c2ccc(Br)cc2)N1. The first kappa shape index (κ1) is 11.8. The molecule has 0 bridgehead atoms. The molecule has 1 atom stereocenters. The average molecular weight is 282 g/mol. The summed E-state index contributed by atoms with van der Waals surface area (Å²) < 4.78 is 1.07. The van der Waals surface area contributed by atoms with E-state index in [1.165, 1.54) is 5.56 Å². The summed E-state index contributed by atoms with van der Waals surface area (Å²) in [7, 11) is 0. The maximum Gasteiger partial charge on any atom is 0.136 e. The summed E-state index contributed by atoms with van der Waals surface area (Å²) in [5.41, 5.74) is 1.09. The molecule has 0 saturated carbocycles. The molecule has 0 amide bonds. The van der Waals surface area contributed by atoms with Crippen molar-refractivity contribution in [2.45, 2.75) is 38.3 Å². The zero-order valence-electron chi connectivity index (χ0n) is 9.59. The summed E-state index contributed by atoms with van der Waals surface area (Å²) in [6, 6.07) is 8.32. The molecule has 0 spiro atoms. The predicted octanol–water partition coefficient (Wildman–Crippen LogP) is 3.22. The van der Waals surface area contributed by atoms with Gasteiger partial charge in [0.1, 0.15) is 5.78 Å². The molecule has 16 heavy (non-hydrogen) atoms. The van der Waals surface area contributed by atoms with Crippen LogP contribution in [0, 0.1) is 0 Å². The molecule has 2 rings (SSSR count). The Labute approximate surface area is 105 Å². The van der Waals surface area contributed by atoms with Gasteiger partial charge in [0.25, 0.3) is 0 Å². The Morgan fingerprint density at radius 2 is 1.94 bits per heavy atom. The van der Waals surface area contributed by atoms with Crippen molar-refractivity contribution in [3.8, 4) is 0 Å². The van der Waals surface area contributed by atoms with E-state index in [0.29, 0.717) is 18.6 Å². The van der Waals surface area contributed by atoms with E-state index >= 15 is 0 Å². The second kappa shape index (κ2) is 4.30. The molecule has 0 unspecified atom stereocenters. The summed E-state index contributed by atoms with van der Waals surface area (Å²) in [4.78, 5) is 11.7. The topological polar surface area (TPSA) is 29.1 Å². The van der Waals surface area contributed by atoms with Crippen molar-refractivity contribution >= 4 is 21.7 Å². The van der Waals surface area contributed by atoms with Crippen LogP contribution in [0.5, 0.6) is 0 Å². The Bertz CT molecular complexity index is 397. The number of halogens is 1. The van der Waals surface area contributed by atoms with E-state index in [-0.39, 0.29) is 11.6 Å². The van der Waals surface area contributed by atoms with Crippen LogP contribution in [0.15, 0.2) is 28.7 Å². The third-order valence-electron chi connectivity index (χ3n) is 2.91. The molecule has 0 radical (unpaired) electrons. The van der Waals surface area contributed by atoms with Crippen LogP contribution in [0.4, 0.5) is 0 Å².